The van der Waals surface area contributed by atoms with Crippen LogP contribution in [0.2, 0.25) is 0 Å². The van der Waals surface area contributed by atoms with E-state index in [9.17, 15) is 9.18 Å². The van der Waals surface area contributed by atoms with Crippen molar-refractivity contribution in [3.63, 3.8) is 0 Å². The summed E-state index contributed by atoms with van der Waals surface area (Å²) in [6.45, 7) is 2.08. The maximum atomic E-state index is 13.8. The van der Waals surface area contributed by atoms with E-state index in [4.69, 9.17) is 0 Å². The van der Waals surface area contributed by atoms with Crippen LogP contribution in [0.25, 0.3) is 22.2 Å². The standard InChI is InChI=1S/C22H23FN2O/c1-14(15-7-8-15)24-21(26)12-10-18-19-13-17(23)9-11-20(19)25-22(18)16-5-3-2-4-6-16/h2-6,9,11,13-15,25H,7-8,10,12H2,1H3,(H,24,26). The number of rotatable bonds is 6. The first-order chi connectivity index (χ1) is 12.6. The second-order valence-electron chi connectivity index (χ2n) is 7.23. The molecule has 1 heterocycles. The van der Waals surface area contributed by atoms with Crippen molar-refractivity contribution < 1.29 is 9.18 Å². The number of H-pyrrole nitrogens is 1. The lowest BCUT2D eigenvalue weighted by Crippen LogP contribution is -2.34. The first-order valence-electron chi connectivity index (χ1n) is 9.26. The molecule has 1 aliphatic carbocycles. The highest BCUT2D eigenvalue weighted by atomic mass is 19.1. The summed E-state index contributed by atoms with van der Waals surface area (Å²) in [5, 5.41) is 3.95. The lowest BCUT2D eigenvalue weighted by Gasteiger charge is -2.13. The van der Waals surface area contributed by atoms with E-state index in [1.165, 1.54) is 18.9 Å². The molecular weight excluding hydrogens is 327 g/mol. The molecule has 0 aliphatic heterocycles. The number of amides is 1. The molecule has 26 heavy (non-hydrogen) atoms. The monoisotopic (exact) mass is 350 g/mol. The molecule has 0 radical (unpaired) electrons. The van der Waals surface area contributed by atoms with Crippen molar-refractivity contribution in [1.29, 1.82) is 0 Å². The Balaban J connectivity index is 1.61. The quantitative estimate of drug-likeness (QED) is 0.658. The number of fused-ring (bicyclic) bond motifs is 1. The SMILES string of the molecule is CC(NC(=O)CCc1c(-c2ccccc2)[nH]c2ccc(F)cc12)C1CC1. The van der Waals surface area contributed by atoms with E-state index in [0.29, 0.717) is 18.8 Å². The highest BCUT2D eigenvalue weighted by Crippen LogP contribution is 2.33. The number of carbonyl (C=O) groups is 1. The fraction of sp³-hybridized carbons (Fsp3) is 0.318. The Morgan fingerprint density at radius 1 is 1.23 bits per heavy atom. The van der Waals surface area contributed by atoms with Crippen LogP contribution in [0, 0.1) is 11.7 Å². The van der Waals surface area contributed by atoms with Gasteiger partial charge in [-0.1, -0.05) is 30.3 Å². The minimum atomic E-state index is -0.260. The summed E-state index contributed by atoms with van der Waals surface area (Å²) < 4.78 is 13.8. The number of aryl methyl sites for hydroxylation is 1. The Labute approximate surface area is 152 Å². The lowest BCUT2D eigenvalue weighted by atomic mass is 10.0. The van der Waals surface area contributed by atoms with E-state index < -0.39 is 0 Å². The summed E-state index contributed by atoms with van der Waals surface area (Å²) >= 11 is 0. The first-order valence-corrected chi connectivity index (χ1v) is 9.26. The minimum absolute atomic E-state index is 0.0640. The molecule has 3 nitrogen and oxygen atoms in total. The second-order valence-corrected chi connectivity index (χ2v) is 7.23. The molecule has 1 aromatic heterocycles. The van der Waals surface area contributed by atoms with Gasteiger partial charge in [0.2, 0.25) is 5.91 Å². The van der Waals surface area contributed by atoms with Crippen LogP contribution in [0.1, 0.15) is 31.7 Å². The molecule has 1 saturated carbocycles. The summed E-state index contributed by atoms with van der Waals surface area (Å²) in [5.41, 5.74) is 3.91. The van der Waals surface area contributed by atoms with E-state index in [1.54, 1.807) is 12.1 Å². The normalized spacial score (nSPS) is 15.2. The van der Waals surface area contributed by atoms with Crippen LogP contribution in [-0.4, -0.2) is 16.9 Å². The molecular formula is C22H23FN2O. The van der Waals surface area contributed by atoms with E-state index >= 15 is 0 Å². The van der Waals surface area contributed by atoms with Gasteiger partial charge < -0.3 is 10.3 Å². The largest absolute Gasteiger partial charge is 0.354 e. The van der Waals surface area contributed by atoms with Crippen molar-refractivity contribution in [2.75, 3.05) is 0 Å². The van der Waals surface area contributed by atoms with E-state index in [0.717, 1.165) is 27.7 Å². The molecule has 4 rings (SSSR count). The average molecular weight is 350 g/mol. The molecule has 1 atom stereocenters. The van der Waals surface area contributed by atoms with Crippen molar-refractivity contribution in [3.8, 4) is 11.3 Å². The van der Waals surface area contributed by atoms with Gasteiger partial charge in [-0.25, -0.2) is 4.39 Å². The number of hydrogen-bond donors (Lipinski definition) is 2. The Kier molecular flexibility index (Phi) is 4.49. The molecule has 2 N–H and O–H groups in total. The summed E-state index contributed by atoms with van der Waals surface area (Å²) in [5.74, 6) is 0.444. The number of nitrogens with one attached hydrogen (secondary N) is 2. The van der Waals surface area contributed by atoms with Crippen molar-refractivity contribution in [2.45, 2.75) is 38.6 Å². The predicted molar refractivity (Wildman–Crippen MR) is 102 cm³/mol. The van der Waals surface area contributed by atoms with Gasteiger partial charge in [-0.15, -0.1) is 0 Å². The van der Waals surface area contributed by atoms with Crippen LogP contribution in [0.5, 0.6) is 0 Å². The Morgan fingerprint density at radius 3 is 2.73 bits per heavy atom. The number of hydrogen-bond acceptors (Lipinski definition) is 1. The van der Waals surface area contributed by atoms with Crippen molar-refractivity contribution in [3.05, 3.63) is 59.9 Å². The molecule has 3 aromatic rings. The molecule has 2 aromatic carbocycles. The summed E-state index contributed by atoms with van der Waals surface area (Å²) in [7, 11) is 0. The zero-order valence-electron chi connectivity index (χ0n) is 14.9. The first kappa shape index (κ1) is 16.8. The van der Waals surface area contributed by atoms with E-state index in [-0.39, 0.29) is 17.8 Å². The topological polar surface area (TPSA) is 44.9 Å². The van der Waals surface area contributed by atoms with Crippen LogP contribution < -0.4 is 5.32 Å². The molecule has 4 heteroatoms. The van der Waals surface area contributed by atoms with Crippen LogP contribution in [-0.2, 0) is 11.2 Å². The fourth-order valence-electron chi connectivity index (χ4n) is 3.61. The van der Waals surface area contributed by atoms with Gasteiger partial charge in [0.05, 0.1) is 0 Å². The third-order valence-electron chi connectivity index (χ3n) is 5.25. The second kappa shape index (κ2) is 6.94. The molecule has 134 valence electrons. The fourth-order valence-corrected chi connectivity index (χ4v) is 3.61. The summed E-state index contributed by atoms with van der Waals surface area (Å²) in [6.07, 6.45) is 3.40. The summed E-state index contributed by atoms with van der Waals surface area (Å²) in [6, 6.07) is 15.0. The van der Waals surface area contributed by atoms with Gasteiger partial charge in [0.1, 0.15) is 5.82 Å². The molecule has 0 spiro atoms. The smallest absolute Gasteiger partial charge is 0.220 e. The van der Waals surface area contributed by atoms with Gasteiger partial charge in [0, 0.05) is 29.1 Å². The number of halogens is 1. The van der Waals surface area contributed by atoms with Gasteiger partial charge in [0.15, 0.2) is 0 Å². The third-order valence-corrected chi connectivity index (χ3v) is 5.25. The summed E-state index contributed by atoms with van der Waals surface area (Å²) in [4.78, 5) is 15.7. The predicted octanol–water partition coefficient (Wildman–Crippen LogP) is 4.82. The number of benzene rings is 2. The molecule has 0 saturated heterocycles. The molecule has 1 aliphatic rings. The maximum Gasteiger partial charge on any atom is 0.220 e. The zero-order valence-corrected chi connectivity index (χ0v) is 14.9. The third kappa shape index (κ3) is 3.50. The highest BCUT2D eigenvalue weighted by Gasteiger charge is 2.28. The molecule has 1 fully saturated rings. The number of carbonyl (C=O) groups excluding carboxylic acids is 1. The van der Waals surface area contributed by atoms with Crippen LogP contribution >= 0.6 is 0 Å². The Hall–Kier alpha value is -2.62. The molecule has 1 amide bonds. The van der Waals surface area contributed by atoms with Gasteiger partial charge in [0.25, 0.3) is 0 Å². The molecule has 0 bridgehead atoms. The van der Waals surface area contributed by atoms with Gasteiger partial charge in [-0.2, -0.15) is 0 Å². The van der Waals surface area contributed by atoms with Gasteiger partial charge in [-0.3, -0.25) is 4.79 Å². The number of aromatic nitrogens is 1. The van der Waals surface area contributed by atoms with Crippen molar-refractivity contribution in [2.24, 2.45) is 5.92 Å². The van der Waals surface area contributed by atoms with Crippen molar-refractivity contribution >= 4 is 16.8 Å². The van der Waals surface area contributed by atoms with Crippen molar-refractivity contribution in [1.82, 2.24) is 10.3 Å². The zero-order chi connectivity index (χ0) is 18.1. The maximum absolute atomic E-state index is 13.8. The Morgan fingerprint density at radius 2 is 2.00 bits per heavy atom. The van der Waals surface area contributed by atoms with Crippen LogP contribution in [0.15, 0.2) is 48.5 Å². The molecule has 1 unspecified atom stereocenters. The van der Waals surface area contributed by atoms with Crippen LogP contribution in [0.4, 0.5) is 4.39 Å². The average Bonchev–Trinajstić information content (AvgIpc) is 3.43. The van der Waals surface area contributed by atoms with E-state index in [2.05, 4.69) is 17.2 Å². The van der Waals surface area contributed by atoms with Crippen LogP contribution in [0.3, 0.4) is 0 Å². The van der Waals surface area contributed by atoms with Gasteiger partial charge >= 0.3 is 0 Å². The minimum Gasteiger partial charge on any atom is -0.354 e. The van der Waals surface area contributed by atoms with Gasteiger partial charge in [-0.05, 0) is 61.4 Å². The lowest BCUT2D eigenvalue weighted by molar-refractivity contribution is -0.121. The van der Waals surface area contributed by atoms with E-state index in [1.807, 2.05) is 30.3 Å². The Bertz CT molecular complexity index is 928. The number of aromatic amines is 1. The highest BCUT2D eigenvalue weighted by molar-refractivity contribution is 5.91.